The molecule has 0 spiro atoms. The Balaban J connectivity index is 0.000000333. The molecule has 0 aliphatic carbocycles. The van der Waals surface area contributed by atoms with Crippen LogP contribution in [0.1, 0.15) is 114 Å². The van der Waals surface area contributed by atoms with Crippen LogP contribution in [0.3, 0.4) is 0 Å². The molecule has 13 heteroatoms. The normalized spacial score (nSPS) is 12.0. The molecule has 2 aromatic carbocycles. The molecular formula is C36H54N4O7S2. The van der Waals surface area contributed by atoms with Crippen molar-refractivity contribution >= 4 is 20.2 Å². The van der Waals surface area contributed by atoms with Gasteiger partial charge in [0.1, 0.15) is 36.2 Å². The first-order valence-corrected chi connectivity index (χ1v) is 19.8. The predicted octanol–water partition coefficient (Wildman–Crippen LogP) is 5.07. The average molecular weight is 719 g/mol. The zero-order valence-electron chi connectivity index (χ0n) is 30.0. The van der Waals surface area contributed by atoms with Crippen LogP contribution in [-0.4, -0.2) is 52.1 Å². The van der Waals surface area contributed by atoms with Gasteiger partial charge in [-0.25, -0.2) is 35.1 Å². The minimum atomic E-state index is -4.15. The summed E-state index contributed by atoms with van der Waals surface area (Å²) in [5.74, 6) is 0.955. The summed E-state index contributed by atoms with van der Waals surface area (Å²) < 4.78 is 72.3. The third-order valence-corrected chi connectivity index (χ3v) is 9.78. The van der Waals surface area contributed by atoms with E-state index in [9.17, 15) is 25.9 Å². The lowest BCUT2D eigenvalue weighted by molar-refractivity contribution is -0.696. The quantitative estimate of drug-likeness (QED) is 0.131. The number of imidazole rings is 2. The molecule has 0 saturated carbocycles. The first kappa shape index (κ1) is 41.8. The minimum absolute atomic E-state index is 0. The second kappa shape index (κ2) is 18.0. The molecule has 272 valence electrons. The van der Waals surface area contributed by atoms with Gasteiger partial charge in [-0.15, -0.1) is 0 Å². The van der Waals surface area contributed by atoms with Gasteiger partial charge in [-0.1, -0.05) is 91.8 Å². The molecule has 0 fully saturated rings. The summed E-state index contributed by atoms with van der Waals surface area (Å²) in [5, 5.41) is 0. The second-order valence-corrected chi connectivity index (χ2v) is 16.6. The molecular weight excluding hydrogens is 665 g/mol. The lowest BCUT2D eigenvalue weighted by Crippen LogP contribution is -2.32. The zero-order chi connectivity index (χ0) is 35.8. The summed E-state index contributed by atoms with van der Waals surface area (Å²) in [7, 11) is -8.29. The van der Waals surface area contributed by atoms with Crippen molar-refractivity contribution in [3.8, 4) is 11.4 Å². The largest absolute Gasteiger partial charge is 0.748 e. The van der Waals surface area contributed by atoms with Crippen molar-refractivity contribution in [3.05, 3.63) is 96.1 Å². The predicted molar refractivity (Wildman–Crippen MR) is 190 cm³/mol. The molecule has 4 aromatic rings. The minimum Gasteiger partial charge on any atom is -0.748 e. The van der Waals surface area contributed by atoms with E-state index in [1.807, 2.05) is 46.6 Å². The average Bonchev–Trinajstić information content (AvgIpc) is 3.65. The van der Waals surface area contributed by atoms with E-state index < -0.39 is 20.2 Å². The Morgan fingerprint density at radius 1 is 0.571 bits per heavy atom. The summed E-state index contributed by atoms with van der Waals surface area (Å²) in [5.41, 5.74) is 7.52. The molecule has 0 aliphatic heterocycles. The van der Waals surface area contributed by atoms with Gasteiger partial charge in [0.15, 0.2) is 0 Å². The summed E-state index contributed by atoms with van der Waals surface area (Å²) in [6.07, 6.45) is 12.4. The van der Waals surface area contributed by atoms with E-state index in [0.717, 1.165) is 0 Å². The summed E-state index contributed by atoms with van der Waals surface area (Å²) in [4.78, 5) is 0. The van der Waals surface area contributed by atoms with E-state index in [1.165, 1.54) is 33.6 Å². The third kappa shape index (κ3) is 12.5. The summed E-state index contributed by atoms with van der Waals surface area (Å²) >= 11 is 0. The topological polar surface area (TPSA) is 164 Å². The first-order chi connectivity index (χ1) is 22.4. The van der Waals surface area contributed by atoms with Gasteiger partial charge in [-0.2, -0.15) is 0 Å². The Morgan fingerprint density at radius 2 is 0.857 bits per heavy atom. The highest BCUT2D eigenvalue weighted by Crippen LogP contribution is 2.31. The molecule has 0 aliphatic rings. The molecule has 0 saturated heterocycles. The van der Waals surface area contributed by atoms with Gasteiger partial charge in [0, 0.05) is 33.8 Å². The fraction of sp³-hybridized carbons (Fsp3) is 0.500. The molecule has 0 bridgehead atoms. The van der Waals surface area contributed by atoms with Crippen LogP contribution in [0, 0.1) is 0 Å². The van der Waals surface area contributed by atoms with Crippen molar-refractivity contribution in [2.24, 2.45) is 0 Å². The molecule has 0 atom stereocenters. The van der Waals surface area contributed by atoms with Gasteiger partial charge >= 0.3 is 0 Å². The Morgan fingerprint density at radius 3 is 1.10 bits per heavy atom. The van der Waals surface area contributed by atoms with Gasteiger partial charge in [0.05, 0.1) is 33.3 Å². The Bertz CT molecular complexity index is 1670. The van der Waals surface area contributed by atoms with Crippen LogP contribution in [0.15, 0.2) is 73.8 Å². The molecule has 2 aromatic heterocycles. The highest BCUT2D eigenvalue weighted by Gasteiger charge is 2.21. The smallest absolute Gasteiger partial charge is 0.248 e. The number of para-hydroxylation sites is 2. The van der Waals surface area contributed by atoms with Crippen LogP contribution in [0.2, 0.25) is 0 Å². The lowest BCUT2D eigenvalue weighted by Gasteiger charge is -2.16. The SMILES string of the molecule is CC(C)c1cccc(C(C)C)c1-n1cc[n+](CCCS(=O)(=O)[O-])c1.CC(C)c1cccc(C(C)C)c1-n1cc[n+](CCCS(=O)(=O)[O-])c1.O. The van der Waals surface area contributed by atoms with Gasteiger partial charge in [0.2, 0.25) is 12.7 Å². The second-order valence-electron chi connectivity index (χ2n) is 13.5. The molecule has 0 radical (unpaired) electrons. The fourth-order valence-corrected chi connectivity index (χ4v) is 6.75. The van der Waals surface area contributed by atoms with Gasteiger partial charge in [-0.05, 0) is 36.5 Å². The van der Waals surface area contributed by atoms with Crippen LogP contribution >= 0.6 is 0 Å². The zero-order valence-corrected chi connectivity index (χ0v) is 31.7. The molecule has 2 N–H and O–H groups in total. The van der Waals surface area contributed by atoms with Crippen molar-refractivity contribution in [1.82, 2.24) is 9.13 Å². The standard InChI is InChI=1S/2C18H26N2O3S.H2O/c2*1-14(2)16-7-5-8-17(15(3)4)18(16)20-11-10-19(13-20)9-6-12-24(21,22)23;/h2*5,7-8,10-11,13-15H,6,9,12H2,1-4H3;1H2. The maximum atomic E-state index is 10.7. The number of nitrogens with zero attached hydrogens (tertiary/aromatic N) is 4. The Hall–Kier alpha value is -3.36. The van der Waals surface area contributed by atoms with Crippen LogP contribution in [0.25, 0.3) is 11.4 Å². The van der Waals surface area contributed by atoms with Crippen molar-refractivity contribution in [3.63, 3.8) is 0 Å². The van der Waals surface area contributed by atoms with E-state index in [4.69, 9.17) is 0 Å². The van der Waals surface area contributed by atoms with E-state index in [2.05, 4.69) is 101 Å². The lowest BCUT2D eigenvalue weighted by atomic mass is 9.92. The Labute approximate surface area is 293 Å². The molecule has 0 amide bonds. The van der Waals surface area contributed by atoms with Crippen LogP contribution in [-0.2, 0) is 33.3 Å². The molecule has 2 heterocycles. The van der Waals surface area contributed by atoms with Gasteiger partial charge in [-0.3, -0.25) is 0 Å². The fourth-order valence-electron chi connectivity index (χ4n) is 5.79. The first-order valence-electron chi connectivity index (χ1n) is 16.7. The van der Waals surface area contributed by atoms with Crippen LogP contribution in [0.5, 0.6) is 0 Å². The number of aryl methyl sites for hydroxylation is 2. The highest BCUT2D eigenvalue weighted by molar-refractivity contribution is 7.85. The number of aromatic nitrogens is 4. The highest BCUT2D eigenvalue weighted by atomic mass is 32.2. The van der Waals surface area contributed by atoms with E-state index in [0.29, 0.717) is 49.6 Å². The molecule has 4 rings (SSSR count). The maximum absolute atomic E-state index is 10.7. The van der Waals surface area contributed by atoms with Crippen LogP contribution in [0.4, 0.5) is 0 Å². The molecule has 11 nitrogen and oxygen atoms in total. The van der Waals surface area contributed by atoms with Crippen LogP contribution < -0.4 is 9.13 Å². The van der Waals surface area contributed by atoms with E-state index in [-0.39, 0.29) is 17.0 Å². The van der Waals surface area contributed by atoms with Crippen molar-refractivity contribution in [2.45, 2.75) is 105 Å². The van der Waals surface area contributed by atoms with E-state index in [1.54, 1.807) is 0 Å². The number of hydrogen-bond acceptors (Lipinski definition) is 6. The number of rotatable bonds is 14. The summed E-state index contributed by atoms with van der Waals surface area (Å²) in [6, 6.07) is 12.8. The monoisotopic (exact) mass is 718 g/mol. The maximum Gasteiger partial charge on any atom is 0.248 e. The van der Waals surface area contributed by atoms with Gasteiger partial charge in [0.25, 0.3) is 0 Å². The third-order valence-electron chi connectivity index (χ3n) is 8.21. The Kier molecular flexibility index (Phi) is 15.4. The summed E-state index contributed by atoms with van der Waals surface area (Å²) in [6.45, 7) is 18.5. The van der Waals surface area contributed by atoms with Gasteiger partial charge < -0.3 is 14.6 Å². The molecule has 0 unspecified atom stereocenters. The number of hydrogen-bond donors (Lipinski definition) is 0. The van der Waals surface area contributed by atoms with Crippen molar-refractivity contribution in [2.75, 3.05) is 11.5 Å². The molecule has 49 heavy (non-hydrogen) atoms. The van der Waals surface area contributed by atoms with Crippen molar-refractivity contribution < 1.29 is 40.6 Å². The number of benzene rings is 2. The van der Waals surface area contributed by atoms with Crippen molar-refractivity contribution in [1.29, 1.82) is 0 Å². The van der Waals surface area contributed by atoms with E-state index >= 15 is 0 Å².